The van der Waals surface area contributed by atoms with E-state index in [0.29, 0.717) is 11.1 Å². The van der Waals surface area contributed by atoms with Crippen molar-refractivity contribution in [2.75, 3.05) is 5.75 Å². The molecule has 0 spiro atoms. The minimum atomic E-state index is 0.538. The molecule has 0 radical (unpaired) electrons. The first kappa shape index (κ1) is 12.4. The second-order valence-electron chi connectivity index (χ2n) is 3.63. The third kappa shape index (κ3) is 3.44. The fourth-order valence-corrected chi connectivity index (χ4v) is 2.20. The quantitative estimate of drug-likeness (QED) is 0.627. The van der Waals surface area contributed by atoms with Crippen LogP contribution in [-0.4, -0.2) is 16.0 Å². The van der Waals surface area contributed by atoms with Crippen molar-refractivity contribution >= 4 is 27.7 Å². The third-order valence-corrected chi connectivity index (χ3v) is 3.46. The smallest absolute Gasteiger partial charge is 0.277 e. The maximum Gasteiger partial charge on any atom is 0.277 e. The van der Waals surface area contributed by atoms with Crippen LogP contribution in [0.25, 0.3) is 11.5 Å². The molecule has 2 aromatic rings. The molecule has 0 fully saturated rings. The topological polar surface area (TPSA) is 38.9 Å². The van der Waals surface area contributed by atoms with Gasteiger partial charge in [-0.25, -0.2) is 0 Å². The first-order valence-corrected chi connectivity index (χ1v) is 6.79. The summed E-state index contributed by atoms with van der Waals surface area (Å²) in [6, 6.07) is 7.77. The molecule has 1 aromatic carbocycles. The van der Waals surface area contributed by atoms with Gasteiger partial charge in [-0.15, -0.1) is 10.2 Å². The van der Waals surface area contributed by atoms with Gasteiger partial charge in [0.05, 0.1) is 0 Å². The molecule has 0 N–H and O–H groups in total. The fourth-order valence-electron chi connectivity index (χ4n) is 1.19. The minimum absolute atomic E-state index is 0.538. The van der Waals surface area contributed by atoms with Crippen molar-refractivity contribution in [2.45, 2.75) is 12.1 Å². The molecule has 0 saturated carbocycles. The van der Waals surface area contributed by atoms with Crippen LogP contribution in [0.2, 0.25) is 0 Å². The fraction of sp³-hybridized carbons (Fsp3) is 0.167. The highest BCUT2D eigenvalue weighted by Crippen LogP contribution is 2.25. The van der Waals surface area contributed by atoms with Gasteiger partial charge in [0.25, 0.3) is 5.22 Å². The molecule has 5 heteroatoms. The number of hydrogen-bond donors (Lipinski definition) is 0. The maximum absolute atomic E-state index is 5.55. The van der Waals surface area contributed by atoms with Gasteiger partial charge >= 0.3 is 0 Å². The molecular weight excluding hydrogens is 300 g/mol. The van der Waals surface area contributed by atoms with Crippen LogP contribution in [0.1, 0.15) is 6.92 Å². The van der Waals surface area contributed by atoms with Crippen LogP contribution in [-0.2, 0) is 0 Å². The molecular formula is C12H11BrN2OS. The van der Waals surface area contributed by atoms with Crippen LogP contribution in [0.15, 0.2) is 50.5 Å². The Kier molecular flexibility index (Phi) is 4.02. The van der Waals surface area contributed by atoms with E-state index in [1.54, 1.807) is 0 Å². The van der Waals surface area contributed by atoms with Crippen molar-refractivity contribution in [3.63, 3.8) is 0 Å². The lowest BCUT2D eigenvalue weighted by molar-refractivity contribution is 0.466. The largest absolute Gasteiger partial charge is 0.411 e. The number of rotatable bonds is 4. The summed E-state index contributed by atoms with van der Waals surface area (Å²) < 4.78 is 6.54. The van der Waals surface area contributed by atoms with Crippen molar-refractivity contribution in [2.24, 2.45) is 0 Å². The molecule has 2 rings (SSSR count). The maximum atomic E-state index is 5.55. The highest BCUT2D eigenvalue weighted by atomic mass is 79.9. The van der Waals surface area contributed by atoms with E-state index >= 15 is 0 Å². The van der Waals surface area contributed by atoms with Gasteiger partial charge in [-0.2, -0.15) is 0 Å². The standard InChI is InChI=1S/C12H11BrN2OS/c1-8(2)7-17-12-15-14-11(16-12)9-4-3-5-10(13)6-9/h3-6H,1,7H2,2H3. The number of aromatic nitrogens is 2. The number of benzene rings is 1. The van der Waals surface area contributed by atoms with Gasteiger partial charge in [0, 0.05) is 15.8 Å². The predicted octanol–water partition coefficient (Wildman–Crippen LogP) is 4.17. The summed E-state index contributed by atoms with van der Waals surface area (Å²) in [5, 5.41) is 8.57. The molecule has 1 aromatic heterocycles. The van der Waals surface area contributed by atoms with E-state index in [4.69, 9.17) is 4.42 Å². The Balaban J connectivity index is 2.15. The summed E-state index contributed by atoms with van der Waals surface area (Å²) in [6.07, 6.45) is 0. The lowest BCUT2D eigenvalue weighted by atomic mass is 10.2. The third-order valence-electron chi connectivity index (χ3n) is 1.92. The molecule has 0 aliphatic heterocycles. The van der Waals surface area contributed by atoms with Crippen LogP contribution in [0.3, 0.4) is 0 Å². The van der Waals surface area contributed by atoms with Gasteiger partial charge in [0.15, 0.2) is 0 Å². The molecule has 0 atom stereocenters. The van der Waals surface area contributed by atoms with Gasteiger partial charge in [-0.05, 0) is 25.1 Å². The Morgan fingerprint density at radius 2 is 2.29 bits per heavy atom. The molecule has 0 aliphatic rings. The number of hydrogen-bond acceptors (Lipinski definition) is 4. The van der Waals surface area contributed by atoms with E-state index in [1.807, 2.05) is 31.2 Å². The lowest BCUT2D eigenvalue weighted by Gasteiger charge is -1.95. The summed E-state index contributed by atoms with van der Waals surface area (Å²) >= 11 is 4.91. The molecule has 3 nitrogen and oxygen atoms in total. The SMILES string of the molecule is C=C(C)CSc1nnc(-c2cccc(Br)c2)o1. The van der Waals surface area contributed by atoms with Crippen molar-refractivity contribution in [1.82, 2.24) is 10.2 Å². The zero-order chi connectivity index (χ0) is 12.3. The molecule has 17 heavy (non-hydrogen) atoms. The zero-order valence-electron chi connectivity index (χ0n) is 9.31. The van der Waals surface area contributed by atoms with Crippen molar-refractivity contribution in [3.8, 4) is 11.5 Å². The minimum Gasteiger partial charge on any atom is -0.411 e. The molecule has 0 saturated heterocycles. The molecule has 0 amide bonds. The Labute approximate surface area is 112 Å². The van der Waals surface area contributed by atoms with Gasteiger partial charge in [-0.1, -0.05) is 45.9 Å². The Morgan fingerprint density at radius 3 is 3.00 bits per heavy atom. The lowest BCUT2D eigenvalue weighted by Crippen LogP contribution is -1.78. The van der Waals surface area contributed by atoms with E-state index in [1.165, 1.54) is 11.8 Å². The molecule has 0 aliphatic carbocycles. The van der Waals surface area contributed by atoms with E-state index in [2.05, 4.69) is 32.7 Å². The second-order valence-corrected chi connectivity index (χ2v) is 5.47. The molecule has 0 bridgehead atoms. The molecule has 88 valence electrons. The summed E-state index contributed by atoms with van der Waals surface area (Å²) in [5.41, 5.74) is 1.99. The van der Waals surface area contributed by atoms with Crippen LogP contribution in [0, 0.1) is 0 Å². The normalized spacial score (nSPS) is 10.5. The Hall–Kier alpha value is -1.07. The van der Waals surface area contributed by atoms with Crippen LogP contribution < -0.4 is 0 Å². The molecule has 0 unspecified atom stereocenters. The summed E-state index contributed by atoms with van der Waals surface area (Å²) in [4.78, 5) is 0. The first-order chi connectivity index (χ1) is 8.15. The van der Waals surface area contributed by atoms with Gasteiger partial charge in [-0.3, -0.25) is 0 Å². The first-order valence-electron chi connectivity index (χ1n) is 5.02. The van der Waals surface area contributed by atoms with E-state index in [9.17, 15) is 0 Å². The average molecular weight is 311 g/mol. The van der Waals surface area contributed by atoms with Gasteiger partial charge in [0.2, 0.25) is 5.89 Å². The number of nitrogens with zero attached hydrogens (tertiary/aromatic N) is 2. The predicted molar refractivity (Wildman–Crippen MR) is 73.0 cm³/mol. The van der Waals surface area contributed by atoms with Gasteiger partial charge < -0.3 is 4.42 Å². The zero-order valence-corrected chi connectivity index (χ0v) is 11.7. The highest BCUT2D eigenvalue weighted by Gasteiger charge is 2.08. The van der Waals surface area contributed by atoms with Crippen LogP contribution in [0.4, 0.5) is 0 Å². The monoisotopic (exact) mass is 310 g/mol. The highest BCUT2D eigenvalue weighted by molar-refractivity contribution is 9.10. The van der Waals surface area contributed by atoms with Crippen molar-refractivity contribution in [1.29, 1.82) is 0 Å². The summed E-state index contributed by atoms with van der Waals surface area (Å²) in [6.45, 7) is 5.80. The van der Waals surface area contributed by atoms with E-state index in [-0.39, 0.29) is 0 Å². The Bertz CT molecular complexity index is 539. The number of thioether (sulfide) groups is 1. The van der Waals surface area contributed by atoms with Crippen LogP contribution >= 0.6 is 27.7 Å². The Morgan fingerprint density at radius 1 is 1.47 bits per heavy atom. The van der Waals surface area contributed by atoms with Crippen molar-refractivity contribution in [3.05, 3.63) is 40.9 Å². The van der Waals surface area contributed by atoms with Crippen molar-refractivity contribution < 1.29 is 4.42 Å². The van der Waals surface area contributed by atoms with E-state index < -0.39 is 0 Å². The average Bonchev–Trinajstić information content (AvgIpc) is 2.75. The van der Waals surface area contributed by atoms with E-state index in [0.717, 1.165) is 21.4 Å². The summed E-state index contributed by atoms with van der Waals surface area (Å²) in [7, 11) is 0. The van der Waals surface area contributed by atoms with Crippen LogP contribution in [0.5, 0.6) is 0 Å². The summed E-state index contributed by atoms with van der Waals surface area (Å²) in [5.74, 6) is 1.33. The molecule has 1 heterocycles. The number of halogens is 1. The van der Waals surface area contributed by atoms with Gasteiger partial charge in [0.1, 0.15) is 0 Å². The second kappa shape index (κ2) is 5.51.